The number of methoxy groups -OCH3 is 2. The molecule has 27 heavy (non-hydrogen) atoms. The Hall–Kier alpha value is -2.25. The molecule has 0 radical (unpaired) electrons. The molecule has 3 aromatic carbocycles. The number of anilines is 1. The van der Waals surface area contributed by atoms with Crippen molar-refractivity contribution in [3.05, 3.63) is 59.1 Å². The molecule has 3 rings (SSSR count). The monoisotopic (exact) mass is 449 g/mol. The van der Waals surface area contributed by atoms with Crippen LogP contribution in [0.4, 0.5) is 5.69 Å². The third kappa shape index (κ3) is 3.49. The fourth-order valence-electron chi connectivity index (χ4n) is 3.05. The Labute approximate surface area is 167 Å². The zero-order chi connectivity index (χ0) is 19.6. The van der Waals surface area contributed by atoms with Gasteiger partial charge in [0, 0.05) is 22.5 Å². The van der Waals surface area contributed by atoms with Crippen LogP contribution in [0.1, 0.15) is 6.92 Å². The van der Waals surface area contributed by atoms with Gasteiger partial charge in [0.05, 0.1) is 19.9 Å². The largest absolute Gasteiger partial charge is 0.493 e. The summed E-state index contributed by atoms with van der Waals surface area (Å²) < 4.78 is 39.3. The van der Waals surface area contributed by atoms with Crippen LogP contribution in [-0.2, 0) is 10.0 Å². The molecule has 0 fully saturated rings. The first kappa shape index (κ1) is 19.5. The first-order valence-electron chi connectivity index (χ1n) is 8.36. The predicted octanol–water partition coefficient (Wildman–Crippen LogP) is 4.83. The van der Waals surface area contributed by atoms with Gasteiger partial charge >= 0.3 is 0 Å². The smallest absolute Gasteiger partial charge is 0.265 e. The summed E-state index contributed by atoms with van der Waals surface area (Å²) in [5.74, 6) is 0.810. The van der Waals surface area contributed by atoms with Crippen molar-refractivity contribution in [1.29, 1.82) is 0 Å². The third-order valence-corrected chi connectivity index (χ3v) is 7.18. The van der Waals surface area contributed by atoms with Crippen molar-refractivity contribution >= 4 is 42.4 Å². The number of benzene rings is 3. The minimum absolute atomic E-state index is 0.120. The molecule has 0 aromatic heterocycles. The lowest BCUT2D eigenvalue weighted by Gasteiger charge is -2.25. The first-order valence-corrected chi connectivity index (χ1v) is 10.6. The van der Waals surface area contributed by atoms with E-state index in [0.29, 0.717) is 21.7 Å². The summed E-state index contributed by atoms with van der Waals surface area (Å²) in [5, 5.41) is 1.86. The summed E-state index contributed by atoms with van der Waals surface area (Å²) >= 11 is 3.37. The van der Waals surface area contributed by atoms with E-state index in [1.165, 1.54) is 24.6 Å². The van der Waals surface area contributed by atoms with E-state index in [1.54, 1.807) is 6.07 Å². The van der Waals surface area contributed by atoms with E-state index >= 15 is 0 Å². The number of sulfonamides is 1. The lowest BCUT2D eigenvalue weighted by Crippen LogP contribution is -2.31. The van der Waals surface area contributed by atoms with E-state index in [2.05, 4.69) is 15.9 Å². The molecule has 0 aliphatic heterocycles. The van der Waals surface area contributed by atoms with Gasteiger partial charge in [-0.2, -0.15) is 0 Å². The Morgan fingerprint density at radius 2 is 1.59 bits per heavy atom. The minimum Gasteiger partial charge on any atom is -0.493 e. The highest BCUT2D eigenvalue weighted by Gasteiger charge is 2.28. The highest BCUT2D eigenvalue weighted by Crippen LogP contribution is 2.38. The number of hydrogen-bond acceptors (Lipinski definition) is 4. The van der Waals surface area contributed by atoms with Crippen molar-refractivity contribution in [1.82, 2.24) is 0 Å². The Bertz CT molecular complexity index is 1080. The van der Waals surface area contributed by atoms with Gasteiger partial charge in [0.25, 0.3) is 10.0 Å². The maximum absolute atomic E-state index is 13.5. The number of ether oxygens (including phenoxy) is 2. The van der Waals surface area contributed by atoms with Gasteiger partial charge in [0.2, 0.25) is 0 Å². The number of hydrogen-bond donors (Lipinski definition) is 0. The number of nitrogens with zero attached hydrogens (tertiary/aromatic N) is 1. The van der Waals surface area contributed by atoms with Crippen molar-refractivity contribution in [3.8, 4) is 11.5 Å². The van der Waals surface area contributed by atoms with Crippen LogP contribution in [0, 0.1) is 0 Å². The molecule has 142 valence electrons. The molecular formula is C20H20BrNO4S. The molecule has 0 unspecified atom stereocenters. The Morgan fingerprint density at radius 1 is 0.963 bits per heavy atom. The van der Waals surface area contributed by atoms with Gasteiger partial charge < -0.3 is 9.47 Å². The molecule has 7 heteroatoms. The van der Waals surface area contributed by atoms with Gasteiger partial charge in [-0.15, -0.1) is 0 Å². The molecule has 0 bridgehead atoms. The molecule has 0 spiro atoms. The van der Waals surface area contributed by atoms with Crippen LogP contribution in [0.5, 0.6) is 11.5 Å². The highest BCUT2D eigenvalue weighted by atomic mass is 79.9. The first-order chi connectivity index (χ1) is 12.9. The molecule has 5 nitrogen and oxygen atoms in total. The summed E-state index contributed by atoms with van der Waals surface area (Å²) in [7, 11) is -0.849. The van der Waals surface area contributed by atoms with E-state index in [9.17, 15) is 8.42 Å². The lowest BCUT2D eigenvalue weighted by molar-refractivity contribution is 0.353. The van der Waals surface area contributed by atoms with E-state index < -0.39 is 10.0 Å². The Kier molecular flexibility index (Phi) is 5.62. The van der Waals surface area contributed by atoms with Gasteiger partial charge in [-0.3, -0.25) is 4.31 Å². The molecule has 3 aromatic rings. The molecule has 0 amide bonds. The third-order valence-electron chi connectivity index (χ3n) is 4.33. The van der Waals surface area contributed by atoms with E-state index in [1.807, 2.05) is 49.4 Å². The summed E-state index contributed by atoms with van der Waals surface area (Å²) in [6.07, 6.45) is 0. The van der Waals surface area contributed by atoms with Gasteiger partial charge in [0.15, 0.2) is 11.5 Å². The van der Waals surface area contributed by atoms with Crippen LogP contribution in [0.2, 0.25) is 0 Å². The number of halogens is 1. The second kappa shape index (κ2) is 7.78. The fourth-order valence-corrected chi connectivity index (χ4v) is 5.54. The van der Waals surface area contributed by atoms with Crippen LogP contribution in [-0.4, -0.2) is 29.2 Å². The predicted molar refractivity (Wildman–Crippen MR) is 111 cm³/mol. The van der Waals surface area contributed by atoms with Crippen molar-refractivity contribution in [3.63, 3.8) is 0 Å². The van der Waals surface area contributed by atoms with Gasteiger partial charge in [-0.05, 0) is 40.4 Å². The lowest BCUT2D eigenvalue weighted by atomic mass is 10.1. The summed E-state index contributed by atoms with van der Waals surface area (Å²) in [6.45, 7) is 2.10. The van der Waals surface area contributed by atoms with Gasteiger partial charge in [-0.25, -0.2) is 8.42 Å². The van der Waals surface area contributed by atoms with Crippen molar-refractivity contribution in [2.45, 2.75) is 11.8 Å². The van der Waals surface area contributed by atoms with E-state index in [0.717, 1.165) is 10.8 Å². The topological polar surface area (TPSA) is 55.8 Å². The molecule has 0 saturated heterocycles. The average Bonchev–Trinajstić information content (AvgIpc) is 2.68. The Morgan fingerprint density at radius 3 is 2.26 bits per heavy atom. The zero-order valence-corrected chi connectivity index (χ0v) is 17.7. The minimum atomic E-state index is -3.83. The number of fused-ring (bicyclic) bond motifs is 1. The van der Waals surface area contributed by atoms with Crippen LogP contribution < -0.4 is 13.8 Å². The summed E-state index contributed by atoms with van der Waals surface area (Å²) in [6, 6.07) is 16.4. The van der Waals surface area contributed by atoms with E-state index in [-0.39, 0.29) is 11.4 Å². The fraction of sp³-hybridized carbons (Fsp3) is 0.200. The van der Waals surface area contributed by atoms with E-state index in [4.69, 9.17) is 9.47 Å². The average molecular weight is 450 g/mol. The standard InChI is InChI=1S/C20H20BrNO4S/c1-4-22(17-11-7-9-14-8-5-6-10-15(14)17)27(23,24)20-13-19(26-3)18(25-2)12-16(20)21/h5-13H,4H2,1-3H3. The van der Waals surface area contributed by atoms with Crippen molar-refractivity contribution in [2.24, 2.45) is 0 Å². The normalized spacial score (nSPS) is 11.4. The molecule has 0 aliphatic carbocycles. The van der Waals surface area contributed by atoms with Gasteiger partial charge in [-0.1, -0.05) is 36.4 Å². The van der Waals surface area contributed by atoms with Crippen LogP contribution in [0.25, 0.3) is 10.8 Å². The SMILES string of the molecule is CCN(c1cccc2ccccc12)S(=O)(=O)c1cc(OC)c(OC)cc1Br. The Balaban J connectivity index is 2.20. The van der Waals surface area contributed by atoms with Crippen molar-refractivity contribution < 1.29 is 17.9 Å². The van der Waals surface area contributed by atoms with Crippen LogP contribution in [0.3, 0.4) is 0 Å². The molecule has 0 aliphatic rings. The molecule has 0 atom stereocenters. The zero-order valence-electron chi connectivity index (χ0n) is 15.3. The summed E-state index contributed by atoms with van der Waals surface area (Å²) in [5.41, 5.74) is 0.636. The number of rotatable bonds is 6. The van der Waals surface area contributed by atoms with Crippen LogP contribution >= 0.6 is 15.9 Å². The second-order valence-electron chi connectivity index (χ2n) is 5.81. The van der Waals surface area contributed by atoms with Crippen LogP contribution in [0.15, 0.2) is 64.0 Å². The molecule has 0 saturated carbocycles. The highest BCUT2D eigenvalue weighted by molar-refractivity contribution is 9.10. The molecule has 0 heterocycles. The molecule has 0 N–H and O–H groups in total. The summed E-state index contributed by atoms with van der Waals surface area (Å²) in [4.78, 5) is 0.120. The quantitative estimate of drug-likeness (QED) is 0.540. The maximum Gasteiger partial charge on any atom is 0.265 e. The molecular weight excluding hydrogens is 430 g/mol. The second-order valence-corrected chi connectivity index (χ2v) is 8.49. The van der Waals surface area contributed by atoms with Gasteiger partial charge in [0.1, 0.15) is 4.90 Å². The maximum atomic E-state index is 13.5. The van der Waals surface area contributed by atoms with Crippen molar-refractivity contribution in [2.75, 3.05) is 25.1 Å².